The summed E-state index contributed by atoms with van der Waals surface area (Å²) in [4.78, 5) is 4.38. The third-order valence-corrected chi connectivity index (χ3v) is 5.96. The number of ether oxygens (including phenoxy) is 2. The van der Waals surface area contributed by atoms with Crippen molar-refractivity contribution in [2.45, 2.75) is 19.4 Å². The van der Waals surface area contributed by atoms with E-state index in [1.165, 1.54) is 6.07 Å². The van der Waals surface area contributed by atoms with E-state index in [-0.39, 0.29) is 18.3 Å². The van der Waals surface area contributed by atoms with Crippen LogP contribution in [0.15, 0.2) is 36.8 Å². The number of nitrogens with zero attached hydrogens (tertiary/aromatic N) is 4. The molecule has 2 aliphatic heterocycles. The minimum absolute atomic E-state index is 0.0507. The van der Waals surface area contributed by atoms with Crippen molar-refractivity contribution in [2.24, 2.45) is 0 Å². The maximum absolute atomic E-state index is 14.7. The van der Waals surface area contributed by atoms with Crippen LogP contribution in [0.5, 0.6) is 11.5 Å². The van der Waals surface area contributed by atoms with Crippen LogP contribution in [0.25, 0.3) is 16.8 Å². The summed E-state index contributed by atoms with van der Waals surface area (Å²) in [5.74, 6) is 1.68. The SMILES string of the molecule is Cc1ncc(-c2cc3c(n4cnnc24)NCc2c(F)ccc4c2C(CO4)CO3)cc1N. The van der Waals surface area contributed by atoms with Gasteiger partial charge in [0, 0.05) is 35.0 Å². The predicted octanol–water partition coefficient (Wildman–Crippen LogP) is 3.30. The predicted molar refractivity (Wildman–Crippen MR) is 113 cm³/mol. The van der Waals surface area contributed by atoms with E-state index >= 15 is 0 Å². The molecule has 0 fully saturated rings. The van der Waals surface area contributed by atoms with Crippen LogP contribution in [0, 0.1) is 12.7 Å². The standard InChI is InChI=1S/C22H19FN6O2/c1-11-17(24)4-12(6-25-11)14-5-19-22(29-10-27-28-21(14)29)26-7-15-16(23)2-3-18-20(15)13(8-30-18)9-31-19/h2-6,10,13,26H,7-9,24H2,1H3. The van der Waals surface area contributed by atoms with Crippen molar-refractivity contribution in [3.63, 3.8) is 0 Å². The van der Waals surface area contributed by atoms with Crippen LogP contribution in [-0.2, 0) is 6.54 Å². The molecule has 1 unspecified atom stereocenters. The Bertz CT molecular complexity index is 1350. The first-order chi connectivity index (χ1) is 15.1. The normalized spacial score (nSPS) is 16.9. The minimum Gasteiger partial charge on any atom is -0.493 e. The number of pyridine rings is 2. The van der Waals surface area contributed by atoms with E-state index in [0.717, 1.165) is 22.4 Å². The fourth-order valence-corrected chi connectivity index (χ4v) is 4.29. The van der Waals surface area contributed by atoms with Crippen LogP contribution in [0.3, 0.4) is 0 Å². The molecule has 0 amide bonds. The van der Waals surface area contributed by atoms with Gasteiger partial charge in [0.05, 0.1) is 30.5 Å². The van der Waals surface area contributed by atoms with E-state index in [1.807, 2.05) is 23.5 Å². The average Bonchev–Trinajstić information content (AvgIpc) is 3.41. The first-order valence-corrected chi connectivity index (χ1v) is 10.00. The zero-order valence-electron chi connectivity index (χ0n) is 16.7. The minimum atomic E-state index is -0.261. The summed E-state index contributed by atoms with van der Waals surface area (Å²) < 4.78 is 28.5. The number of hydrogen-bond acceptors (Lipinski definition) is 7. The van der Waals surface area contributed by atoms with E-state index in [4.69, 9.17) is 15.2 Å². The molecule has 0 aliphatic carbocycles. The molecule has 6 rings (SSSR count). The van der Waals surface area contributed by atoms with Crippen molar-refractivity contribution in [2.75, 3.05) is 24.3 Å². The largest absolute Gasteiger partial charge is 0.493 e. The van der Waals surface area contributed by atoms with Crippen molar-refractivity contribution in [3.05, 3.63) is 59.4 Å². The summed E-state index contributed by atoms with van der Waals surface area (Å²) in [5.41, 5.74) is 11.1. The molecule has 31 heavy (non-hydrogen) atoms. The van der Waals surface area contributed by atoms with Crippen molar-refractivity contribution < 1.29 is 13.9 Å². The van der Waals surface area contributed by atoms with Crippen molar-refractivity contribution in [3.8, 4) is 22.6 Å². The second-order valence-electron chi connectivity index (χ2n) is 7.80. The van der Waals surface area contributed by atoms with Crippen molar-refractivity contribution in [1.29, 1.82) is 0 Å². The molecule has 3 N–H and O–H groups in total. The third-order valence-electron chi connectivity index (χ3n) is 5.96. The zero-order valence-corrected chi connectivity index (χ0v) is 16.7. The molecule has 0 bridgehead atoms. The van der Waals surface area contributed by atoms with Crippen molar-refractivity contribution in [1.82, 2.24) is 19.6 Å². The van der Waals surface area contributed by atoms with E-state index in [1.54, 1.807) is 18.6 Å². The molecule has 156 valence electrons. The van der Waals surface area contributed by atoms with Gasteiger partial charge in [0.1, 0.15) is 17.9 Å². The highest BCUT2D eigenvalue weighted by Gasteiger charge is 2.31. The maximum Gasteiger partial charge on any atom is 0.170 e. The first-order valence-electron chi connectivity index (χ1n) is 10.00. The molecule has 4 aromatic rings. The molecular formula is C22H19FN6O2. The average molecular weight is 418 g/mol. The summed E-state index contributed by atoms with van der Waals surface area (Å²) in [6, 6.07) is 6.90. The van der Waals surface area contributed by atoms with Gasteiger partial charge in [0.15, 0.2) is 17.2 Å². The molecule has 0 saturated carbocycles. The fourth-order valence-electron chi connectivity index (χ4n) is 4.29. The number of nitrogens with one attached hydrogen (secondary N) is 1. The lowest BCUT2D eigenvalue weighted by atomic mass is 9.96. The summed E-state index contributed by atoms with van der Waals surface area (Å²) >= 11 is 0. The maximum atomic E-state index is 14.7. The highest BCUT2D eigenvalue weighted by molar-refractivity contribution is 5.82. The number of benzene rings is 1. The number of aryl methyl sites for hydroxylation is 1. The third kappa shape index (κ3) is 2.69. The van der Waals surface area contributed by atoms with Gasteiger partial charge in [0.25, 0.3) is 0 Å². The van der Waals surface area contributed by atoms with E-state index < -0.39 is 0 Å². The number of aromatic nitrogens is 4. The summed E-state index contributed by atoms with van der Waals surface area (Å²) in [5, 5.41) is 11.7. The summed E-state index contributed by atoms with van der Waals surface area (Å²) in [7, 11) is 0. The molecule has 2 aliphatic rings. The Morgan fingerprint density at radius 3 is 2.87 bits per heavy atom. The molecule has 1 aromatic carbocycles. The van der Waals surface area contributed by atoms with Crippen LogP contribution in [0.1, 0.15) is 22.7 Å². The van der Waals surface area contributed by atoms with Crippen molar-refractivity contribution >= 4 is 17.2 Å². The number of nitrogen functional groups attached to an aromatic ring is 1. The van der Waals surface area contributed by atoms with Gasteiger partial charge in [-0.15, -0.1) is 10.2 Å². The Hall–Kier alpha value is -3.88. The molecule has 0 spiro atoms. The highest BCUT2D eigenvalue weighted by atomic mass is 19.1. The van der Waals surface area contributed by atoms with E-state index in [2.05, 4.69) is 20.5 Å². The Kier molecular flexibility index (Phi) is 3.80. The van der Waals surface area contributed by atoms with Crippen LogP contribution < -0.4 is 20.5 Å². The molecule has 8 nitrogen and oxygen atoms in total. The van der Waals surface area contributed by atoms with Crippen LogP contribution >= 0.6 is 0 Å². The topological polar surface area (TPSA) is 99.6 Å². The Balaban J connectivity index is 1.52. The van der Waals surface area contributed by atoms with Crippen LogP contribution in [-0.4, -0.2) is 32.8 Å². The molecule has 9 heteroatoms. The zero-order chi connectivity index (χ0) is 21.1. The lowest BCUT2D eigenvalue weighted by Gasteiger charge is -2.17. The Morgan fingerprint density at radius 1 is 1.19 bits per heavy atom. The van der Waals surface area contributed by atoms with Gasteiger partial charge in [-0.2, -0.15) is 0 Å². The van der Waals surface area contributed by atoms with E-state index in [9.17, 15) is 4.39 Å². The summed E-state index contributed by atoms with van der Waals surface area (Å²) in [6.45, 7) is 2.97. The van der Waals surface area contributed by atoms with Crippen LogP contribution in [0.2, 0.25) is 0 Å². The molecule has 3 aromatic heterocycles. The fraction of sp³-hybridized carbons (Fsp3) is 0.227. The van der Waals surface area contributed by atoms with Gasteiger partial charge in [-0.25, -0.2) is 4.39 Å². The molecule has 1 atom stereocenters. The number of fused-ring (bicyclic) bond motifs is 3. The molecule has 0 radical (unpaired) electrons. The lowest BCUT2D eigenvalue weighted by Crippen LogP contribution is -2.13. The molecular weight excluding hydrogens is 399 g/mol. The smallest absolute Gasteiger partial charge is 0.170 e. The molecule has 0 saturated heterocycles. The summed E-state index contributed by atoms with van der Waals surface area (Å²) in [6.07, 6.45) is 3.37. The Morgan fingerprint density at radius 2 is 2.03 bits per heavy atom. The number of hydrogen-bond donors (Lipinski definition) is 2. The quantitative estimate of drug-likeness (QED) is 0.489. The van der Waals surface area contributed by atoms with Gasteiger partial charge in [-0.05, 0) is 31.2 Å². The van der Waals surface area contributed by atoms with Gasteiger partial charge < -0.3 is 20.5 Å². The number of halogens is 1. The van der Waals surface area contributed by atoms with Gasteiger partial charge in [-0.3, -0.25) is 9.38 Å². The van der Waals surface area contributed by atoms with Gasteiger partial charge in [0.2, 0.25) is 0 Å². The van der Waals surface area contributed by atoms with E-state index in [0.29, 0.717) is 47.4 Å². The van der Waals surface area contributed by atoms with Crippen LogP contribution in [0.4, 0.5) is 15.9 Å². The first kappa shape index (κ1) is 17.9. The Labute approximate surface area is 176 Å². The lowest BCUT2D eigenvalue weighted by molar-refractivity contribution is 0.249. The van der Waals surface area contributed by atoms with Gasteiger partial charge >= 0.3 is 0 Å². The second-order valence-corrected chi connectivity index (χ2v) is 7.80. The number of rotatable bonds is 1. The molecule has 5 heterocycles. The number of anilines is 2. The number of nitrogens with two attached hydrogens (primary N) is 1. The monoisotopic (exact) mass is 418 g/mol. The second kappa shape index (κ2) is 6.56. The highest BCUT2D eigenvalue weighted by Crippen LogP contribution is 2.41. The van der Waals surface area contributed by atoms with Gasteiger partial charge in [-0.1, -0.05) is 0 Å².